The molecule has 0 bridgehead atoms. The van der Waals surface area contributed by atoms with Gasteiger partial charge in [0.1, 0.15) is 5.76 Å². The predicted octanol–water partition coefficient (Wildman–Crippen LogP) is 3.84. The molecule has 1 rings (SSSR count). The van der Waals surface area contributed by atoms with E-state index in [1.54, 1.807) is 18.5 Å². The first-order valence-corrected chi connectivity index (χ1v) is 5.65. The Morgan fingerprint density at radius 2 is 1.94 bits per heavy atom. The zero-order chi connectivity index (χ0) is 13.1. The number of allylic oxidation sites excluding steroid dienone is 5. The number of hydrogen-bond donors (Lipinski definition) is 0. The molecular formula is C14H20N2O. The number of rotatable bonds is 4. The van der Waals surface area contributed by atoms with E-state index in [1.807, 2.05) is 45.9 Å². The Hall–Kier alpha value is -1.90. The molecule has 0 atom stereocenters. The highest BCUT2D eigenvalue weighted by molar-refractivity contribution is 5.15. The second-order valence-electron chi connectivity index (χ2n) is 3.00. The van der Waals surface area contributed by atoms with Gasteiger partial charge in [0.05, 0.1) is 18.1 Å². The minimum absolute atomic E-state index is 0.501. The average Bonchev–Trinajstić information content (AvgIpc) is 2.35. The predicted molar refractivity (Wildman–Crippen MR) is 71.8 cm³/mol. The molecule has 0 aliphatic carbocycles. The quantitative estimate of drug-likeness (QED) is 0.584. The van der Waals surface area contributed by atoms with Gasteiger partial charge >= 0.3 is 0 Å². The standard InChI is InChI=1S/C12H14N2O.C2H6/c1-4-5-6-7-11(3)15-12-9-13-10(2)8-14-12;1-2/h4-9H,1H2,2-3H3;1-2H3/b6-5-,11-7+;. The Balaban J connectivity index is 0.00000121. The molecule has 0 radical (unpaired) electrons. The summed E-state index contributed by atoms with van der Waals surface area (Å²) >= 11 is 0. The van der Waals surface area contributed by atoms with Crippen molar-refractivity contribution in [1.29, 1.82) is 0 Å². The Morgan fingerprint density at radius 1 is 1.24 bits per heavy atom. The highest BCUT2D eigenvalue weighted by Crippen LogP contribution is 2.07. The van der Waals surface area contributed by atoms with Crippen molar-refractivity contribution in [3.63, 3.8) is 0 Å². The van der Waals surface area contributed by atoms with E-state index in [9.17, 15) is 0 Å². The van der Waals surface area contributed by atoms with Crippen molar-refractivity contribution in [3.8, 4) is 5.88 Å². The van der Waals surface area contributed by atoms with Crippen molar-refractivity contribution in [2.45, 2.75) is 27.7 Å². The van der Waals surface area contributed by atoms with E-state index in [1.165, 1.54) is 0 Å². The normalized spacial score (nSPS) is 10.7. The van der Waals surface area contributed by atoms with E-state index in [4.69, 9.17) is 4.74 Å². The number of hydrogen-bond acceptors (Lipinski definition) is 3. The van der Waals surface area contributed by atoms with Crippen molar-refractivity contribution in [3.05, 3.63) is 54.7 Å². The lowest BCUT2D eigenvalue weighted by Crippen LogP contribution is -1.94. The van der Waals surface area contributed by atoms with Crippen LogP contribution in [-0.4, -0.2) is 9.97 Å². The van der Waals surface area contributed by atoms with Crippen LogP contribution in [0.1, 0.15) is 26.5 Å². The van der Waals surface area contributed by atoms with Gasteiger partial charge in [0.15, 0.2) is 0 Å². The molecule has 0 saturated heterocycles. The molecule has 3 heteroatoms. The lowest BCUT2D eigenvalue weighted by Gasteiger charge is -2.02. The summed E-state index contributed by atoms with van der Waals surface area (Å²) in [6.45, 7) is 11.3. The van der Waals surface area contributed by atoms with E-state index in [0.717, 1.165) is 11.5 Å². The summed E-state index contributed by atoms with van der Waals surface area (Å²) in [7, 11) is 0. The van der Waals surface area contributed by atoms with Crippen LogP contribution in [-0.2, 0) is 0 Å². The molecule has 17 heavy (non-hydrogen) atoms. The van der Waals surface area contributed by atoms with Crippen LogP contribution in [0, 0.1) is 6.92 Å². The SMILES string of the molecule is C=C/C=C\C=C(/C)Oc1cnc(C)cn1.CC. The monoisotopic (exact) mass is 232 g/mol. The number of ether oxygens (including phenoxy) is 1. The molecule has 0 fully saturated rings. The summed E-state index contributed by atoms with van der Waals surface area (Å²) in [4.78, 5) is 8.16. The van der Waals surface area contributed by atoms with Gasteiger partial charge in [-0.1, -0.05) is 38.7 Å². The first-order chi connectivity index (χ1) is 8.22. The Kier molecular flexibility index (Phi) is 8.29. The molecule has 1 aromatic heterocycles. The van der Waals surface area contributed by atoms with Crippen LogP contribution in [0.15, 0.2) is 49.0 Å². The van der Waals surface area contributed by atoms with Crippen LogP contribution < -0.4 is 4.74 Å². The van der Waals surface area contributed by atoms with E-state index in [-0.39, 0.29) is 0 Å². The fraction of sp³-hybridized carbons (Fsp3) is 0.286. The zero-order valence-corrected chi connectivity index (χ0v) is 11.0. The minimum atomic E-state index is 0.501. The first-order valence-electron chi connectivity index (χ1n) is 5.65. The van der Waals surface area contributed by atoms with Gasteiger partial charge < -0.3 is 4.74 Å². The van der Waals surface area contributed by atoms with Crippen LogP contribution in [0.5, 0.6) is 5.88 Å². The van der Waals surface area contributed by atoms with Gasteiger partial charge in [0.2, 0.25) is 5.88 Å². The van der Waals surface area contributed by atoms with E-state index < -0.39 is 0 Å². The Morgan fingerprint density at radius 3 is 2.47 bits per heavy atom. The molecule has 0 aliphatic heterocycles. The van der Waals surface area contributed by atoms with E-state index in [2.05, 4.69) is 16.5 Å². The maximum Gasteiger partial charge on any atom is 0.237 e. The maximum absolute atomic E-state index is 5.42. The van der Waals surface area contributed by atoms with Gasteiger partial charge in [0.25, 0.3) is 0 Å². The number of aryl methyl sites for hydroxylation is 1. The molecule has 1 aromatic rings. The molecule has 0 amide bonds. The Bertz CT molecular complexity index is 378. The third-order valence-electron chi connectivity index (χ3n) is 1.60. The fourth-order valence-electron chi connectivity index (χ4n) is 0.902. The topological polar surface area (TPSA) is 35.0 Å². The lowest BCUT2D eigenvalue weighted by atomic mass is 10.4. The lowest BCUT2D eigenvalue weighted by molar-refractivity contribution is 0.408. The summed E-state index contributed by atoms with van der Waals surface area (Å²) in [5.41, 5.74) is 0.871. The van der Waals surface area contributed by atoms with Crippen molar-refractivity contribution in [2.75, 3.05) is 0 Å². The van der Waals surface area contributed by atoms with E-state index >= 15 is 0 Å². The van der Waals surface area contributed by atoms with Gasteiger partial charge in [0, 0.05) is 0 Å². The molecule has 3 nitrogen and oxygen atoms in total. The van der Waals surface area contributed by atoms with Crippen LogP contribution in [0.3, 0.4) is 0 Å². The molecule has 92 valence electrons. The minimum Gasteiger partial charge on any atom is -0.442 e. The van der Waals surface area contributed by atoms with Gasteiger partial charge in [-0.15, -0.1) is 0 Å². The van der Waals surface area contributed by atoms with Crippen molar-refractivity contribution in [2.24, 2.45) is 0 Å². The van der Waals surface area contributed by atoms with Crippen LogP contribution >= 0.6 is 0 Å². The molecule has 1 heterocycles. The molecule has 0 aromatic carbocycles. The van der Waals surface area contributed by atoms with Crippen molar-refractivity contribution >= 4 is 0 Å². The third-order valence-corrected chi connectivity index (χ3v) is 1.60. The highest BCUT2D eigenvalue weighted by Gasteiger charge is 1.95. The largest absolute Gasteiger partial charge is 0.442 e. The molecule has 0 unspecified atom stereocenters. The van der Waals surface area contributed by atoms with Gasteiger partial charge in [-0.2, -0.15) is 0 Å². The summed E-state index contributed by atoms with van der Waals surface area (Å²) in [6, 6.07) is 0. The van der Waals surface area contributed by atoms with Gasteiger partial charge in [-0.25, -0.2) is 4.98 Å². The third kappa shape index (κ3) is 7.06. The molecular weight excluding hydrogens is 212 g/mol. The second kappa shape index (κ2) is 9.33. The molecule has 0 saturated carbocycles. The summed E-state index contributed by atoms with van der Waals surface area (Å²) in [6.07, 6.45) is 10.5. The summed E-state index contributed by atoms with van der Waals surface area (Å²) in [5.74, 6) is 1.26. The van der Waals surface area contributed by atoms with E-state index in [0.29, 0.717) is 5.88 Å². The zero-order valence-electron chi connectivity index (χ0n) is 11.0. The molecule has 0 spiro atoms. The van der Waals surface area contributed by atoms with Gasteiger partial charge in [-0.3, -0.25) is 4.98 Å². The maximum atomic E-state index is 5.42. The average molecular weight is 232 g/mol. The fourth-order valence-corrected chi connectivity index (χ4v) is 0.902. The highest BCUT2D eigenvalue weighted by atomic mass is 16.5. The second-order valence-corrected chi connectivity index (χ2v) is 3.00. The first kappa shape index (κ1) is 15.1. The summed E-state index contributed by atoms with van der Waals surface area (Å²) in [5, 5.41) is 0. The van der Waals surface area contributed by atoms with Crippen LogP contribution in [0.4, 0.5) is 0 Å². The van der Waals surface area contributed by atoms with Crippen LogP contribution in [0.2, 0.25) is 0 Å². The van der Waals surface area contributed by atoms with Crippen molar-refractivity contribution in [1.82, 2.24) is 9.97 Å². The Labute approximate surface area is 104 Å². The summed E-state index contributed by atoms with van der Waals surface area (Å²) < 4.78 is 5.42. The van der Waals surface area contributed by atoms with Crippen molar-refractivity contribution < 1.29 is 4.74 Å². The van der Waals surface area contributed by atoms with Crippen LogP contribution in [0.25, 0.3) is 0 Å². The van der Waals surface area contributed by atoms with Gasteiger partial charge in [-0.05, 0) is 19.9 Å². The molecule has 0 N–H and O–H groups in total. The number of nitrogens with zero attached hydrogens (tertiary/aromatic N) is 2. The smallest absolute Gasteiger partial charge is 0.237 e. The number of aromatic nitrogens is 2. The molecule has 0 aliphatic rings.